The summed E-state index contributed by atoms with van der Waals surface area (Å²) < 4.78 is 13.5. The number of H-pyrrole nitrogens is 2. The fourth-order valence-electron chi connectivity index (χ4n) is 6.76. The molecule has 0 radical (unpaired) electrons. The molecule has 2 N–H and O–H groups in total. The molecule has 52 heavy (non-hydrogen) atoms. The number of nitrogens with zero attached hydrogens (tertiary/aromatic N) is 4. The lowest BCUT2D eigenvalue weighted by molar-refractivity contribution is 0.112. The van der Waals surface area contributed by atoms with E-state index in [2.05, 4.69) is 71.7 Å². The summed E-state index contributed by atoms with van der Waals surface area (Å²) in [5.41, 5.74) is 12.8. The molecule has 9 heteroatoms. The molecule has 0 amide bonds. The minimum atomic E-state index is 0.513. The summed E-state index contributed by atoms with van der Waals surface area (Å²) in [5, 5.41) is 0. The second-order valence-corrected chi connectivity index (χ2v) is 12.7. The van der Waals surface area contributed by atoms with Crippen LogP contribution in [-0.4, -0.2) is 62.2 Å². The van der Waals surface area contributed by atoms with Crippen molar-refractivity contribution >= 4 is 52.7 Å². The summed E-state index contributed by atoms with van der Waals surface area (Å²) in [4.78, 5) is 34.4. The van der Waals surface area contributed by atoms with Crippen LogP contribution in [0.1, 0.15) is 57.1 Å². The van der Waals surface area contributed by atoms with Crippen LogP contribution in [0.25, 0.3) is 68.9 Å². The van der Waals surface area contributed by atoms with E-state index in [1.54, 1.807) is 12.2 Å². The monoisotopic (exact) mass is 690 g/mol. The highest BCUT2D eigenvalue weighted by molar-refractivity contribution is 5.94. The third kappa shape index (κ3) is 7.28. The third-order valence-corrected chi connectivity index (χ3v) is 9.25. The van der Waals surface area contributed by atoms with Crippen molar-refractivity contribution in [1.82, 2.24) is 29.5 Å². The van der Waals surface area contributed by atoms with Gasteiger partial charge in [0.1, 0.15) is 12.1 Å². The van der Waals surface area contributed by atoms with Gasteiger partial charge in [-0.1, -0.05) is 36.4 Å². The second kappa shape index (κ2) is 16.0. The average Bonchev–Trinajstić information content (AvgIpc) is 4.02. The van der Waals surface area contributed by atoms with Crippen LogP contribution >= 0.6 is 0 Å². The van der Waals surface area contributed by atoms with Gasteiger partial charge in [-0.05, 0) is 79.8 Å². The topological polar surface area (TPSA) is 111 Å². The van der Waals surface area contributed by atoms with Crippen LogP contribution in [-0.2, 0) is 29.4 Å². The highest BCUT2D eigenvalue weighted by Crippen LogP contribution is 2.34. The number of aldehydes is 1. The van der Waals surface area contributed by atoms with Gasteiger partial charge < -0.3 is 24.0 Å². The number of carbonyl (C=O) groups excluding carboxylic acids is 1. The maximum absolute atomic E-state index is 11.6. The van der Waals surface area contributed by atoms with Crippen molar-refractivity contribution < 1.29 is 14.3 Å². The average molecular weight is 691 g/mol. The minimum absolute atomic E-state index is 0.513. The van der Waals surface area contributed by atoms with E-state index in [0.29, 0.717) is 32.0 Å². The number of benzene rings is 1. The summed E-state index contributed by atoms with van der Waals surface area (Å²) in [6.07, 6.45) is 19.6. The fourth-order valence-corrected chi connectivity index (χ4v) is 6.76. The summed E-state index contributed by atoms with van der Waals surface area (Å²) in [6, 6.07) is 16.1. The molecule has 0 saturated carbocycles. The van der Waals surface area contributed by atoms with Crippen LogP contribution in [0, 0.1) is 0 Å². The Hall–Kier alpha value is -5.90. The predicted molar refractivity (Wildman–Crippen MR) is 211 cm³/mol. The van der Waals surface area contributed by atoms with Gasteiger partial charge in [0.25, 0.3) is 0 Å². The van der Waals surface area contributed by atoms with E-state index < -0.39 is 0 Å². The van der Waals surface area contributed by atoms with Crippen molar-refractivity contribution in [2.45, 2.75) is 25.7 Å². The lowest BCUT2D eigenvalue weighted by atomic mass is 10.0. The molecule has 1 aromatic carbocycles. The number of imidazole rings is 1. The van der Waals surface area contributed by atoms with Crippen LogP contribution in [0.4, 0.5) is 0 Å². The highest BCUT2D eigenvalue weighted by Gasteiger charge is 2.19. The van der Waals surface area contributed by atoms with Crippen LogP contribution in [0.3, 0.4) is 0 Å². The van der Waals surface area contributed by atoms with E-state index in [1.165, 1.54) is 0 Å². The van der Waals surface area contributed by atoms with Crippen molar-refractivity contribution in [1.29, 1.82) is 0 Å². The Labute approximate surface area is 303 Å². The number of carbonyl (C=O) groups is 1. The molecule has 0 spiro atoms. The van der Waals surface area contributed by atoms with Gasteiger partial charge in [-0.3, -0.25) is 4.79 Å². The van der Waals surface area contributed by atoms with Crippen LogP contribution in [0.5, 0.6) is 0 Å². The Morgan fingerprint density at radius 2 is 1.21 bits per heavy atom. The Morgan fingerprint density at radius 1 is 0.692 bits per heavy atom. The first-order valence-electron chi connectivity index (χ1n) is 17.6. The smallest absolute Gasteiger partial charge is 0.150 e. The lowest BCUT2D eigenvalue weighted by Gasteiger charge is -2.07. The molecule has 9 nitrogen and oxygen atoms in total. The van der Waals surface area contributed by atoms with Gasteiger partial charge in [0.05, 0.1) is 47.1 Å². The van der Waals surface area contributed by atoms with Crippen LogP contribution in [0.2, 0.25) is 0 Å². The molecule has 0 aliphatic carbocycles. The molecule has 8 bridgehead atoms. The molecule has 4 aromatic heterocycles. The standard InChI is InChI=1S/C43H42N6O3/c1-4-24-51-26-6-8-31-33-14-18-37(45-33)41(30-12-10-29(28-50)11-13-30)38-19-15-34(46-38)32(9-7-27-52-25-5-2)36-17-21-40(48-36)42(39-20-16-35(31)47-39)43-44-22-23-49(43)3/h4-5,10-23,28,45,48H,1-2,6-9,24-27H2,3H3. The summed E-state index contributed by atoms with van der Waals surface area (Å²) in [7, 11) is 2.00. The molecule has 7 rings (SSSR count). The number of aryl methyl sites for hydroxylation is 3. The van der Waals surface area contributed by atoms with E-state index in [0.717, 1.165) is 110 Å². The Kier molecular flexibility index (Phi) is 10.6. The summed E-state index contributed by atoms with van der Waals surface area (Å²) >= 11 is 0. The molecule has 0 saturated heterocycles. The SMILES string of the molecule is C=CCOCCCc1c2nc(c(-c3nccn3C)c3ccc([nH]3)c(CCCOCC=C)c3nc(c(-c4ccc(C=O)cc4)c4ccc1[nH]4)C=C3)C=C2. The van der Waals surface area contributed by atoms with E-state index in [9.17, 15) is 4.79 Å². The third-order valence-electron chi connectivity index (χ3n) is 9.25. The zero-order chi connectivity index (χ0) is 35.9. The maximum Gasteiger partial charge on any atom is 0.150 e. The second-order valence-electron chi connectivity index (χ2n) is 12.7. The van der Waals surface area contributed by atoms with Crippen LogP contribution < -0.4 is 0 Å². The minimum Gasteiger partial charge on any atom is -0.377 e. The van der Waals surface area contributed by atoms with E-state index in [-0.39, 0.29) is 0 Å². The molecular formula is C43H42N6O3. The molecule has 6 heterocycles. The van der Waals surface area contributed by atoms with Gasteiger partial charge in [-0.25, -0.2) is 15.0 Å². The number of aromatic nitrogens is 6. The lowest BCUT2D eigenvalue weighted by Crippen LogP contribution is -1.99. The zero-order valence-electron chi connectivity index (χ0n) is 29.4. The largest absolute Gasteiger partial charge is 0.377 e. The highest BCUT2D eigenvalue weighted by atomic mass is 16.5. The fraction of sp³-hybridized carbons (Fsp3) is 0.209. The van der Waals surface area contributed by atoms with Crippen molar-refractivity contribution in [2.24, 2.45) is 7.05 Å². The van der Waals surface area contributed by atoms with Gasteiger partial charge >= 0.3 is 0 Å². The first-order valence-corrected chi connectivity index (χ1v) is 17.6. The molecule has 262 valence electrons. The Balaban J connectivity index is 1.53. The Morgan fingerprint density at radius 3 is 1.73 bits per heavy atom. The van der Waals surface area contributed by atoms with Gasteiger partial charge in [0, 0.05) is 71.5 Å². The van der Waals surface area contributed by atoms with Crippen molar-refractivity contribution in [3.8, 4) is 22.5 Å². The van der Waals surface area contributed by atoms with Crippen LogP contribution in [0.15, 0.2) is 86.2 Å². The number of rotatable bonds is 15. The van der Waals surface area contributed by atoms with Gasteiger partial charge in [-0.2, -0.15) is 0 Å². The summed E-state index contributed by atoms with van der Waals surface area (Å²) in [5.74, 6) is 0.814. The predicted octanol–water partition coefficient (Wildman–Crippen LogP) is 8.81. The molecule has 0 atom stereocenters. The quantitative estimate of drug-likeness (QED) is 0.0632. The zero-order valence-corrected chi connectivity index (χ0v) is 29.4. The number of nitrogens with one attached hydrogen (secondary N) is 2. The normalized spacial score (nSPS) is 12.0. The van der Waals surface area contributed by atoms with Gasteiger partial charge in [0.15, 0.2) is 0 Å². The van der Waals surface area contributed by atoms with Gasteiger partial charge in [0.2, 0.25) is 0 Å². The molecule has 5 aromatic rings. The first-order chi connectivity index (χ1) is 25.6. The van der Waals surface area contributed by atoms with E-state index in [1.807, 2.05) is 48.3 Å². The van der Waals surface area contributed by atoms with Crippen molar-refractivity contribution in [3.05, 3.63) is 126 Å². The molecule has 2 aliphatic rings. The molecule has 2 aliphatic heterocycles. The van der Waals surface area contributed by atoms with Crippen molar-refractivity contribution in [3.63, 3.8) is 0 Å². The number of hydrogen-bond donors (Lipinski definition) is 2. The van der Waals surface area contributed by atoms with E-state index in [4.69, 9.17) is 24.4 Å². The van der Waals surface area contributed by atoms with Crippen molar-refractivity contribution in [2.75, 3.05) is 26.4 Å². The number of ether oxygens (including phenoxy) is 2. The molecule has 0 unspecified atom stereocenters. The van der Waals surface area contributed by atoms with E-state index >= 15 is 0 Å². The maximum atomic E-state index is 11.6. The molecular weight excluding hydrogens is 649 g/mol. The van der Waals surface area contributed by atoms with Gasteiger partial charge in [-0.15, -0.1) is 13.2 Å². The number of hydrogen-bond acceptors (Lipinski definition) is 6. The number of aromatic amines is 2. The first kappa shape index (κ1) is 34.5. The Bertz CT molecular complexity index is 2320. The number of fused-ring (bicyclic) bond motifs is 8. The molecule has 0 fully saturated rings. The summed E-state index contributed by atoms with van der Waals surface area (Å²) in [6.45, 7) is 9.78.